The highest BCUT2D eigenvalue weighted by atomic mass is 32.2. The zero-order chi connectivity index (χ0) is 18.3. The number of unbranched alkanes of at least 4 members (excludes halogenated alkanes) is 4. The summed E-state index contributed by atoms with van der Waals surface area (Å²) in [5, 5.41) is 7.71. The van der Waals surface area contributed by atoms with Gasteiger partial charge in [-0.05, 0) is 32.2 Å². The van der Waals surface area contributed by atoms with Crippen LogP contribution in [0.25, 0.3) is 0 Å². The molecule has 5 N–H and O–H groups in total. The minimum atomic E-state index is -3.18. The first-order chi connectivity index (χ1) is 11.9. The summed E-state index contributed by atoms with van der Waals surface area (Å²) in [6.07, 6.45) is 6.36. The number of hydrogen-bond acceptors (Lipinski definition) is 5. The lowest BCUT2D eigenvalue weighted by Gasteiger charge is -2.16. The fraction of sp³-hybridized carbons (Fsp3) is 0.875. The van der Waals surface area contributed by atoms with Crippen LogP contribution in [0.1, 0.15) is 51.4 Å². The van der Waals surface area contributed by atoms with E-state index in [9.17, 15) is 18.0 Å². The van der Waals surface area contributed by atoms with E-state index in [0.29, 0.717) is 38.8 Å². The summed E-state index contributed by atoms with van der Waals surface area (Å²) in [6, 6.07) is -0.939. The highest BCUT2D eigenvalue weighted by Gasteiger charge is 2.51. The van der Waals surface area contributed by atoms with Crippen LogP contribution >= 0.6 is 0 Å². The van der Waals surface area contributed by atoms with Crippen LogP contribution in [0, 0.1) is 0 Å². The average molecular weight is 375 g/mol. The second kappa shape index (κ2) is 9.38. The number of sulfone groups is 1. The Morgan fingerprint density at radius 2 is 1.88 bits per heavy atom. The summed E-state index contributed by atoms with van der Waals surface area (Å²) in [7, 11) is -3.18. The van der Waals surface area contributed by atoms with Gasteiger partial charge in [0.25, 0.3) is 0 Å². The highest BCUT2D eigenvalue weighted by molar-refractivity contribution is 7.92. The monoisotopic (exact) mass is 374 g/mol. The molecule has 2 rings (SSSR count). The molecule has 1 unspecified atom stereocenters. The van der Waals surface area contributed by atoms with Gasteiger partial charge < -0.3 is 21.7 Å². The summed E-state index contributed by atoms with van der Waals surface area (Å²) in [5.41, 5.74) is 5.43. The molecule has 0 aromatic carbocycles. The quantitative estimate of drug-likeness (QED) is 0.299. The fourth-order valence-electron chi connectivity index (χ4n) is 3.58. The maximum atomic E-state index is 12.2. The van der Waals surface area contributed by atoms with Crippen LogP contribution in [0.5, 0.6) is 0 Å². The Labute approximate surface area is 149 Å². The molecule has 2 aliphatic rings. The molecule has 0 aromatic rings. The molecule has 0 radical (unpaired) electrons. The number of amides is 3. The lowest BCUT2D eigenvalue weighted by molar-refractivity contribution is -0.121. The van der Waals surface area contributed by atoms with E-state index in [1.54, 1.807) is 0 Å². The van der Waals surface area contributed by atoms with E-state index >= 15 is 0 Å². The van der Waals surface area contributed by atoms with Crippen molar-refractivity contribution in [3.8, 4) is 0 Å². The minimum absolute atomic E-state index is 0.00567. The van der Waals surface area contributed by atoms with Gasteiger partial charge in [-0.1, -0.05) is 19.3 Å². The maximum Gasteiger partial charge on any atom is 0.315 e. The molecule has 0 spiro atoms. The van der Waals surface area contributed by atoms with Gasteiger partial charge in [0.2, 0.25) is 5.91 Å². The standard InChI is InChI=1S/C16H30N4O4S/c17-9-5-1-2-6-10-18-14(21)8-4-3-7-13-15-12(11-25(13,23)24)19-16(22)20-15/h12-13,15H,1-11,17H2,(H,18,21)(H2,19,20,22)/t12-,13-,15?/m0/s1. The smallest absolute Gasteiger partial charge is 0.315 e. The van der Waals surface area contributed by atoms with Gasteiger partial charge >= 0.3 is 6.03 Å². The Morgan fingerprint density at radius 3 is 2.64 bits per heavy atom. The lowest BCUT2D eigenvalue weighted by Crippen LogP contribution is -2.39. The van der Waals surface area contributed by atoms with Crippen molar-refractivity contribution in [3.05, 3.63) is 0 Å². The van der Waals surface area contributed by atoms with Crippen LogP contribution in [0.15, 0.2) is 0 Å². The molecular formula is C16H30N4O4S. The second-order valence-electron chi connectivity index (χ2n) is 6.92. The van der Waals surface area contributed by atoms with E-state index in [1.165, 1.54) is 0 Å². The molecule has 3 amide bonds. The van der Waals surface area contributed by atoms with Crippen molar-refractivity contribution >= 4 is 21.8 Å². The molecule has 9 heteroatoms. The van der Waals surface area contributed by atoms with Crippen molar-refractivity contribution in [2.45, 2.75) is 68.7 Å². The minimum Gasteiger partial charge on any atom is -0.356 e. The third-order valence-electron chi connectivity index (χ3n) is 4.92. The molecule has 144 valence electrons. The second-order valence-corrected chi connectivity index (χ2v) is 9.18. The summed E-state index contributed by atoms with van der Waals surface area (Å²) in [4.78, 5) is 23.1. The Hall–Kier alpha value is -1.35. The summed E-state index contributed by atoms with van der Waals surface area (Å²) in [6.45, 7) is 1.40. The molecule has 2 heterocycles. The van der Waals surface area contributed by atoms with E-state index in [0.717, 1.165) is 25.7 Å². The van der Waals surface area contributed by atoms with Crippen molar-refractivity contribution < 1.29 is 18.0 Å². The number of nitrogens with two attached hydrogens (primary N) is 1. The number of nitrogens with one attached hydrogen (secondary N) is 3. The molecule has 25 heavy (non-hydrogen) atoms. The summed E-state index contributed by atoms with van der Waals surface area (Å²) < 4.78 is 24.4. The highest BCUT2D eigenvalue weighted by Crippen LogP contribution is 2.28. The molecular weight excluding hydrogens is 344 g/mol. The molecule has 0 bridgehead atoms. The number of carbonyl (C=O) groups excluding carboxylic acids is 2. The first-order valence-electron chi connectivity index (χ1n) is 9.19. The van der Waals surface area contributed by atoms with E-state index in [-0.39, 0.29) is 29.8 Å². The topological polar surface area (TPSA) is 130 Å². The Bertz CT molecular complexity index is 566. The van der Waals surface area contributed by atoms with Gasteiger partial charge in [0.05, 0.1) is 23.1 Å². The van der Waals surface area contributed by atoms with Gasteiger partial charge in [0.1, 0.15) is 0 Å². The predicted molar refractivity (Wildman–Crippen MR) is 95.8 cm³/mol. The molecule has 2 fully saturated rings. The molecule has 0 aromatic heterocycles. The van der Waals surface area contributed by atoms with E-state index < -0.39 is 15.1 Å². The van der Waals surface area contributed by atoms with Crippen molar-refractivity contribution in [3.63, 3.8) is 0 Å². The van der Waals surface area contributed by atoms with Gasteiger partial charge in [0.15, 0.2) is 9.84 Å². The third-order valence-corrected chi connectivity index (χ3v) is 7.19. The van der Waals surface area contributed by atoms with Crippen LogP contribution in [-0.4, -0.2) is 56.5 Å². The van der Waals surface area contributed by atoms with Crippen LogP contribution in [0.4, 0.5) is 4.79 Å². The number of urea groups is 1. The zero-order valence-electron chi connectivity index (χ0n) is 14.6. The van der Waals surface area contributed by atoms with Gasteiger partial charge in [-0.15, -0.1) is 0 Å². The van der Waals surface area contributed by atoms with Gasteiger partial charge in [-0.25, -0.2) is 13.2 Å². The molecule has 0 saturated carbocycles. The number of carbonyl (C=O) groups is 2. The number of fused-ring (bicyclic) bond motifs is 1. The maximum absolute atomic E-state index is 12.2. The van der Waals surface area contributed by atoms with Crippen LogP contribution in [0.3, 0.4) is 0 Å². The van der Waals surface area contributed by atoms with Crippen molar-refractivity contribution in [1.82, 2.24) is 16.0 Å². The SMILES string of the molecule is NCCCCCCNC(=O)CCCC[C@H]1C2NC(=O)N[C@H]2CS1(=O)=O. The Morgan fingerprint density at radius 1 is 1.12 bits per heavy atom. The van der Waals surface area contributed by atoms with Crippen molar-refractivity contribution in [1.29, 1.82) is 0 Å². The first kappa shape index (κ1) is 20.0. The first-order valence-corrected chi connectivity index (χ1v) is 10.9. The molecule has 3 atom stereocenters. The molecule has 2 aliphatic heterocycles. The number of hydrogen-bond donors (Lipinski definition) is 4. The van der Waals surface area contributed by atoms with E-state index in [2.05, 4.69) is 16.0 Å². The normalized spacial score (nSPS) is 26.8. The van der Waals surface area contributed by atoms with Gasteiger partial charge in [-0.2, -0.15) is 0 Å². The van der Waals surface area contributed by atoms with Gasteiger partial charge in [-0.3, -0.25) is 4.79 Å². The van der Waals surface area contributed by atoms with Crippen LogP contribution in [0.2, 0.25) is 0 Å². The fourth-order valence-corrected chi connectivity index (χ4v) is 5.84. The zero-order valence-corrected chi connectivity index (χ0v) is 15.4. The largest absolute Gasteiger partial charge is 0.356 e. The summed E-state index contributed by atoms with van der Waals surface area (Å²) in [5.74, 6) is 0.0212. The molecule has 2 saturated heterocycles. The van der Waals surface area contributed by atoms with Crippen LogP contribution < -0.4 is 21.7 Å². The average Bonchev–Trinajstić information content (AvgIpc) is 2.99. The Balaban J connectivity index is 1.59. The number of rotatable bonds is 11. The van der Waals surface area contributed by atoms with Crippen molar-refractivity contribution in [2.75, 3.05) is 18.8 Å². The van der Waals surface area contributed by atoms with E-state index in [1.807, 2.05) is 0 Å². The van der Waals surface area contributed by atoms with Crippen molar-refractivity contribution in [2.24, 2.45) is 5.73 Å². The molecule has 8 nitrogen and oxygen atoms in total. The van der Waals surface area contributed by atoms with Crippen LogP contribution in [-0.2, 0) is 14.6 Å². The van der Waals surface area contributed by atoms with E-state index in [4.69, 9.17) is 5.73 Å². The lowest BCUT2D eigenvalue weighted by atomic mass is 10.0. The predicted octanol–water partition coefficient (Wildman–Crippen LogP) is 0.0291. The summed E-state index contributed by atoms with van der Waals surface area (Å²) >= 11 is 0. The van der Waals surface area contributed by atoms with Gasteiger partial charge in [0, 0.05) is 13.0 Å². The third kappa shape index (κ3) is 5.85. The Kier molecular flexibility index (Phi) is 7.49. The molecule has 0 aliphatic carbocycles.